The lowest BCUT2D eigenvalue weighted by molar-refractivity contribution is 0.182. The smallest absolute Gasteiger partial charge is 0.331 e. The maximum absolute atomic E-state index is 13.7. The number of halogens is 1. The predicted molar refractivity (Wildman–Crippen MR) is 70.3 cm³/mol. The van der Waals surface area contributed by atoms with Gasteiger partial charge in [0.25, 0.3) is 5.56 Å². The molecule has 1 aromatic carbocycles. The Morgan fingerprint density at radius 1 is 1.35 bits per heavy atom. The number of nitrogens with one attached hydrogen (secondary N) is 1. The lowest BCUT2D eigenvalue weighted by Crippen LogP contribution is -2.32. The van der Waals surface area contributed by atoms with Crippen molar-refractivity contribution in [3.05, 3.63) is 50.9 Å². The second kappa shape index (κ2) is 5.70. The van der Waals surface area contributed by atoms with Gasteiger partial charge in [0.05, 0.1) is 13.2 Å². The van der Waals surface area contributed by atoms with Crippen molar-refractivity contribution < 1.29 is 14.2 Å². The number of rotatable bonds is 4. The highest BCUT2D eigenvalue weighted by atomic mass is 19.1. The molecule has 0 amide bonds. The molecule has 7 heteroatoms. The van der Waals surface area contributed by atoms with E-state index in [-0.39, 0.29) is 24.3 Å². The molecule has 2 N–H and O–H groups in total. The van der Waals surface area contributed by atoms with Crippen molar-refractivity contribution in [2.45, 2.75) is 6.54 Å². The SMILES string of the molecule is COCCn1c(O)c(-c2ccccc2F)c(=O)[nH]c1=O. The second-order valence-electron chi connectivity index (χ2n) is 4.08. The molecular weight excluding hydrogens is 267 g/mol. The third-order valence-corrected chi connectivity index (χ3v) is 2.83. The number of ether oxygens (including phenoxy) is 1. The van der Waals surface area contributed by atoms with Crippen molar-refractivity contribution in [3.63, 3.8) is 0 Å². The average molecular weight is 280 g/mol. The standard InChI is InChI=1S/C13H13FN2O4/c1-20-7-6-16-12(18)10(11(17)15-13(16)19)8-4-2-3-5-9(8)14/h2-5,18H,6-7H2,1H3,(H,15,17,19). The normalized spacial score (nSPS) is 10.7. The van der Waals surface area contributed by atoms with Crippen molar-refractivity contribution in [1.82, 2.24) is 9.55 Å². The maximum atomic E-state index is 13.7. The lowest BCUT2D eigenvalue weighted by Gasteiger charge is -2.11. The molecular formula is C13H13FN2O4. The van der Waals surface area contributed by atoms with Gasteiger partial charge in [-0.1, -0.05) is 18.2 Å². The first kappa shape index (κ1) is 14.0. The number of H-pyrrole nitrogens is 1. The van der Waals surface area contributed by atoms with Crippen molar-refractivity contribution >= 4 is 0 Å². The van der Waals surface area contributed by atoms with Gasteiger partial charge in [0.15, 0.2) is 0 Å². The Kier molecular flexibility index (Phi) is 3.99. The van der Waals surface area contributed by atoms with E-state index in [4.69, 9.17) is 4.74 Å². The van der Waals surface area contributed by atoms with Crippen LogP contribution in [0.1, 0.15) is 0 Å². The quantitative estimate of drug-likeness (QED) is 0.863. The Morgan fingerprint density at radius 3 is 2.70 bits per heavy atom. The molecule has 0 aliphatic rings. The molecule has 0 fully saturated rings. The summed E-state index contributed by atoms with van der Waals surface area (Å²) >= 11 is 0. The Balaban J connectivity index is 2.68. The highest BCUT2D eigenvalue weighted by molar-refractivity contribution is 5.67. The molecule has 0 aliphatic heterocycles. The van der Waals surface area contributed by atoms with E-state index in [1.807, 2.05) is 0 Å². The van der Waals surface area contributed by atoms with Crippen LogP contribution in [-0.4, -0.2) is 28.4 Å². The third kappa shape index (κ3) is 2.48. The summed E-state index contributed by atoms with van der Waals surface area (Å²) in [5.41, 5.74) is -1.97. The molecule has 0 bridgehead atoms. The summed E-state index contributed by atoms with van der Waals surface area (Å²) in [5.74, 6) is -1.24. The summed E-state index contributed by atoms with van der Waals surface area (Å²) in [6, 6.07) is 5.51. The number of nitrogens with zero attached hydrogens (tertiary/aromatic N) is 1. The molecule has 2 rings (SSSR count). The van der Waals surface area contributed by atoms with Crippen LogP contribution in [0.15, 0.2) is 33.9 Å². The largest absolute Gasteiger partial charge is 0.494 e. The van der Waals surface area contributed by atoms with Crippen molar-refractivity contribution in [1.29, 1.82) is 0 Å². The summed E-state index contributed by atoms with van der Waals surface area (Å²) in [6.45, 7) is 0.204. The van der Waals surface area contributed by atoms with Crippen LogP contribution in [0.25, 0.3) is 11.1 Å². The maximum Gasteiger partial charge on any atom is 0.331 e. The van der Waals surface area contributed by atoms with Crippen LogP contribution in [-0.2, 0) is 11.3 Å². The van der Waals surface area contributed by atoms with Gasteiger partial charge in [0, 0.05) is 12.7 Å². The lowest BCUT2D eigenvalue weighted by atomic mass is 10.1. The minimum Gasteiger partial charge on any atom is -0.494 e. The van der Waals surface area contributed by atoms with E-state index in [0.29, 0.717) is 0 Å². The molecule has 106 valence electrons. The third-order valence-electron chi connectivity index (χ3n) is 2.83. The molecule has 1 heterocycles. The Labute approximate surface area is 113 Å². The van der Waals surface area contributed by atoms with Gasteiger partial charge >= 0.3 is 5.69 Å². The predicted octanol–water partition coefficient (Wildman–Crippen LogP) is 0.695. The molecule has 0 radical (unpaired) electrons. The van der Waals surface area contributed by atoms with Gasteiger partial charge in [-0.25, -0.2) is 9.18 Å². The van der Waals surface area contributed by atoms with E-state index >= 15 is 0 Å². The van der Waals surface area contributed by atoms with E-state index in [9.17, 15) is 19.1 Å². The minimum absolute atomic E-state index is 0.0411. The summed E-state index contributed by atoms with van der Waals surface area (Å²) in [4.78, 5) is 25.5. The monoisotopic (exact) mass is 280 g/mol. The summed E-state index contributed by atoms with van der Waals surface area (Å²) < 4.78 is 19.5. The average Bonchev–Trinajstić information content (AvgIpc) is 2.40. The number of hydrogen-bond donors (Lipinski definition) is 2. The Bertz CT molecular complexity index is 736. The molecule has 0 aliphatic carbocycles. The first-order chi connectivity index (χ1) is 9.56. The van der Waals surface area contributed by atoms with E-state index in [2.05, 4.69) is 4.98 Å². The summed E-state index contributed by atoms with van der Waals surface area (Å²) in [5, 5.41) is 10.1. The van der Waals surface area contributed by atoms with E-state index in [1.54, 1.807) is 0 Å². The fourth-order valence-electron chi connectivity index (χ4n) is 1.86. The van der Waals surface area contributed by atoms with Gasteiger partial charge in [-0.3, -0.25) is 14.3 Å². The molecule has 6 nitrogen and oxygen atoms in total. The molecule has 0 spiro atoms. The molecule has 0 unspecified atom stereocenters. The van der Waals surface area contributed by atoms with E-state index < -0.39 is 22.9 Å². The summed E-state index contributed by atoms with van der Waals surface area (Å²) in [6.07, 6.45) is 0. The second-order valence-corrected chi connectivity index (χ2v) is 4.08. The topological polar surface area (TPSA) is 84.3 Å². The fraction of sp³-hybridized carbons (Fsp3) is 0.231. The molecule has 0 saturated carbocycles. The van der Waals surface area contributed by atoms with Crippen LogP contribution in [0.4, 0.5) is 4.39 Å². The van der Waals surface area contributed by atoms with Crippen LogP contribution in [0.3, 0.4) is 0 Å². The van der Waals surface area contributed by atoms with Crippen LogP contribution in [0.5, 0.6) is 5.88 Å². The van der Waals surface area contributed by atoms with Crippen LogP contribution in [0.2, 0.25) is 0 Å². The Morgan fingerprint density at radius 2 is 2.05 bits per heavy atom. The van der Waals surface area contributed by atoms with Gasteiger partial charge in [0.1, 0.15) is 11.4 Å². The fourth-order valence-corrected chi connectivity index (χ4v) is 1.86. The Hall–Kier alpha value is -2.41. The number of methoxy groups -OCH3 is 1. The van der Waals surface area contributed by atoms with E-state index in [0.717, 1.165) is 4.57 Å². The molecule has 0 saturated heterocycles. The van der Waals surface area contributed by atoms with Crippen LogP contribution in [0, 0.1) is 5.82 Å². The summed E-state index contributed by atoms with van der Waals surface area (Å²) in [7, 11) is 1.44. The van der Waals surface area contributed by atoms with Crippen molar-refractivity contribution in [2.75, 3.05) is 13.7 Å². The van der Waals surface area contributed by atoms with Gasteiger partial charge in [0.2, 0.25) is 5.88 Å². The van der Waals surface area contributed by atoms with Crippen molar-refractivity contribution in [3.8, 4) is 17.0 Å². The highest BCUT2D eigenvalue weighted by Crippen LogP contribution is 2.26. The highest BCUT2D eigenvalue weighted by Gasteiger charge is 2.18. The number of benzene rings is 1. The van der Waals surface area contributed by atoms with Crippen LogP contribution >= 0.6 is 0 Å². The molecule has 20 heavy (non-hydrogen) atoms. The van der Waals surface area contributed by atoms with Crippen molar-refractivity contribution in [2.24, 2.45) is 0 Å². The zero-order valence-corrected chi connectivity index (χ0v) is 10.7. The molecule has 0 atom stereocenters. The zero-order chi connectivity index (χ0) is 14.7. The molecule has 2 aromatic rings. The molecule has 1 aromatic heterocycles. The number of aromatic amines is 1. The minimum atomic E-state index is -0.841. The first-order valence-electron chi connectivity index (χ1n) is 5.86. The van der Waals surface area contributed by atoms with Crippen LogP contribution < -0.4 is 11.2 Å². The number of aromatic hydroxyl groups is 1. The van der Waals surface area contributed by atoms with Gasteiger partial charge < -0.3 is 9.84 Å². The zero-order valence-electron chi connectivity index (χ0n) is 10.7. The van der Waals surface area contributed by atoms with Gasteiger partial charge in [-0.05, 0) is 6.07 Å². The number of hydrogen-bond acceptors (Lipinski definition) is 4. The van der Waals surface area contributed by atoms with Gasteiger partial charge in [-0.2, -0.15) is 0 Å². The van der Waals surface area contributed by atoms with E-state index in [1.165, 1.54) is 31.4 Å². The van der Waals surface area contributed by atoms with Gasteiger partial charge in [-0.15, -0.1) is 0 Å². The first-order valence-corrected chi connectivity index (χ1v) is 5.86. The number of aromatic nitrogens is 2.